The average molecular weight is 445 g/mol. The van der Waals surface area contributed by atoms with Crippen LogP contribution in [0.25, 0.3) is 5.69 Å². The molecule has 1 aliphatic rings. The molecular formula is C22H19ClF2N4O2. The molecule has 2 aromatic carbocycles. The second kappa shape index (κ2) is 9.79. The van der Waals surface area contributed by atoms with Crippen molar-refractivity contribution in [3.05, 3.63) is 82.7 Å². The molecule has 3 aromatic rings. The van der Waals surface area contributed by atoms with Crippen molar-refractivity contribution >= 4 is 18.2 Å². The summed E-state index contributed by atoms with van der Waals surface area (Å²) < 4.78 is 35.6. The molecule has 1 atom stereocenters. The van der Waals surface area contributed by atoms with Gasteiger partial charge in [0.25, 0.3) is 0 Å². The lowest BCUT2D eigenvalue weighted by atomic mass is 10.0. The van der Waals surface area contributed by atoms with Crippen molar-refractivity contribution in [1.29, 1.82) is 5.26 Å². The van der Waals surface area contributed by atoms with Crippen molar-refractivity contribution in [1.82, 2.24) is 15.1 Å². The van der Waals surface area contributed by atoms with Gasteiger partial charge in [0.15, 0.2) is 5.78 Å². The summed E-state index contributed by atoms with van der Waals surface area (Å²) in [6.45, 7) is 1.95. The third-order valence-electron chi connectivity index (χ3n) is 4.96. The Morgan fingerprint density at radius 2 is 2.10 bits per heavy atom. The van der Waals surface area contributed by atoms with Crippen LogP contribution in [0.4, 0.5) is 8.78 Å². The van der Waals surface area contributed by atoms with Crippen LogP contribution in [0.3, 0.4) is 0 Å². The third kappa shape index (κ3) is 4.97. The van der Waals surface area contributed by atoms with Gasteiger partial charge in [-0.2, -0.15) is 10.4 Å². The van der Waals surface area contributed by atoms with Gasteiger partial charge >= 0.3 is 0 Å². The Morgan fingerprint density at radius 1 is 1.26 bits per heavy atom. The van der Waals surface area contributed by atoms with Crippen LogP contribution in [-0.2, 0) is 11.2 Å². The van der Waals surface area contributed by atoms with E-state index in [1.807, 2.05) is 6.07 Å². The highest BCUT2D eigenvalue weighted by atomic mass is 35.5. The van der Waals surface area contributed by atoms with E-state index in [4.69, 9.17) is 10.00 Å². The van der Waals surface area contributed by atoms with Crippen molar-refractivity contribution in [2.45, 2.75) is 12.5 Å². The van der Waals surface area contributed by atoms with E-state index in [1.54, 1.807) is 12.1 Å². The lowest BCUT2D eigenvalue weighted by molar-refractivity contribution is 0.0275. The number of nitriles is 1. The number of nitrogens with one attached hydrogen (secondary N) is 1. The zero-order valence-electron chi connectivity index (χ0n) is 16.3. The molecule has 4 rings (SSSR count). The summed E-state index contributed by atoms with van der Waals surface area (Å²) in [6.07, 6.45) is 2.35. The van der Waals surface area contributed by atoms with Crippen molar-refractivity contribution in [3.8, 4) is 11.8 Å². The normalized spacial score (nSPS) is 15.7. The van der Waals surface area contributed by atoms with E-state index >= 15 is 0 Å². The highest BCUT2D eigenvalue weighted by Gasteiger charge is 2.19. The molecule has 0 aliphatic carbocycles. The quantitative estimate of drug-likeness (QED) is 0.609. The number of ether oxygens (including phenoxy) is 1. The second-order valence-corrected chi connectivity index (χ2v) is 6.97. The van der Waals surface area contributed by atoms with Gasteiger partial charge in [-0.3, -0.25) is 4.79 Å². The van der Waals surface area contributed by atoms with Crippen molar-refractivity contribution in [2.24, 2.45) is 0 Å². The van der Waals surface area contributed by atoms with Crippen LogP contribution in [0.5, 0.6) is 0 Å². The molecule has 6 nitrogen and oxygen atoms in total. The molecule has 0 saturated carbocycles. The number of benzene rings is 2. The number of hydrogen-bond acceptors (Lipinski definition) is 5. The number of morpholine rings is 1. The third-order valence-corrected chi connectivity index (χ3v) is 4.96. The summed E-state index contributed by atoms with van der Waals surface area (Å²) in [6, 6.07) is 10.6. The molecule has 31 heavy (non-hydrogen) atoms. The number of Topliss-reactive ketones (excluding diaryl/α,β-unsaturated/α-hetero) is 1. The van der Waals surface area contributed by atoms with Crippen molar-refractivity contribution in [3.63, 3.8) is 0 Å². The van der Waals surface area contributed by atoms with E-state index in [1.165, 1.54) is 35.3 Å². The maximum atomic E-state index is 14.6. The minimum atomic E-state index is -0.628. The fourth-order valence-corrected chi connectivity index (χ4v) is 3.32. The summed E-state index contributed by atoms with van der Waals surface area (Å²) in [5.74, 6) is -1.43. The number of ketones is 1. The molecule has 1 aliphatic heterocycles. The van der Waals surface area contributed by atoms with Gasteiger partial charge in [0.05, 0.1) is 36.1 Å². The zero-order chi connectivity index (χ0) is 21.1. The van der Waals surface area contributed by atoms with Crippen LogP contribution in [0.15, 0.2) is 48.8 Å². The number of hydrogen-bond donors (Lipinski definition) is 1. The number of carbonyl (C=O) groups is 1. The topological polar surface area (TPSA) is 79.9 Å². The van der Waals surface area contributed by atoms with Gasteiger partial charge in [-0.25, -0.2) is 13.5 Å². The maximum absolute atomic E-state index is 14.6. The standard InChI is InChI=1S/C22H18F2N4O2.ClH/c23-18-8-16(22-12-26-5-6-30-22)3-2-15(18)9-21(29)17-11-27-28(13-17)20-4-1-14(10-25)7-19(20)24;/h1-4,7-8,11,13,22,26H,5-6,9,12H2;1H/t22-;/m1./s1. The molecule has 0 radical (unpaired) electrons. The molecule has 160 valence electrons. The van der Waals surface area contributed by atoms with Crippen LogP contribution in [0.1, 0.15) is 33.2 Å². The minimum absolute atomic E-state index is 0. The van der Waals surface area contributed by atoms with E-state index in [-0.39, 0.29) is 53.1 Å². The van der Waals surface area contributed by atoms with Gasteiger partial charge in [0.1, 0.15) is 17.3 Å². The predicted octanol–water partition coefficient (Wildman–Crippen LogP) is 3.53. The number of halogens is 3. The molecule has 0 unspecified atom stereocenters. The fraction of sp³-hybridized carbons (Fsp3) is 0.227. The van der Waals surface area contributed by atoms with Gasteiger partial charge in [-0.05, 0) is 35.4 Å². The molecule has 1 saturated heterocycles. The van der Waals surface area contributed by atoms with Crippen LogP contribution < -0.4 is 5.32 Å². The summed E-state index contributed by atoms with van der Waals surface area (Å²) in [4.78, 5) is 12.6. The highest BCUT2D eigenvalue weighted by Crippen LogP contribution is 2.22. The maximum Gasteiger partial charge on any atom is 0.170 e. The lowest BCUT2D eigenvalue weighted by Crippen LogP contribution is -2.33. The van der Waals surface area contributed by atoms with Crippen LogP contribution in [0, 0.1) is 23.0 Å². The smallest absolute Gasteiger partial charge is 0.170 e. The monoisotopic (exact) mass is 444 g/mol. The molecule has 0 spiro atoms. The molecule has 2 heterocycles. The fourth-order valence-electron chi connectivity index (χ4n) is 3.32. The largest absolute Gasteiger partial charge is 0.371 e. The molecule has 1 N–H and O–H groups in total. The van der Waals surface area contributed by atoms with Crippen LogP contribution in [0.2, 0.25) is 0 Å². The van der Waals surface area contributed by atoms with E-state index in [0.717, 1.165) is 18.2 Å². The Bertz CT molecular complexity index is 1140. The first-order chi connectivity index (χ1) is 14.5. The molecule has 9 heteroatoms. The summed E-state index contributed by atoms with van der Waals surface area (Å²) in [5.41, 5.74) is 1.53. The molecule has 1 fully saturated rings. The van der Waals surface area contributed by atoms with Gasteiger partial charge in [-0.1, -0.05) is 12.1 Å². The summed E-state index contributed by atoms with van der Waals surface area (Å²) in [7, 11) is 0. The van der Waals surface area contributed by atoms with E-state index in [0.29, 0.717) is 13.2 Å². The van der Waals surface area contributed by atoms with Gasteiger partial charge in [0, 0.05) is 25.7 Å². The Balaban J connectivity index is 0.00000272. The Labute approximate surface area is 183 Å². The summed E-state index contributed by atoms with van der Waals surface area (Å²) >= 11 is 0. The number of rotatable bonds is 5. The Hall–Kier alpha value is -3.12. The minimum Gasteiger partial charge on any atom is -0.371 e. The average Bonchev–Trinajstić information content (AvgIpc) is 3.25. The Kier molecular flexibility index (Phi) is 7.13. The lowest BCUT2D eigenvalue weighted by Gasteiger charge is -2.24. The van der Waals surface area contributed by atoms with Crippen molar-refractivity contribution < 1.29 is 18.3 Å². The Morgan fingerprint density at radius 3 is 2.77 bits per heavy atom. The van der Waals surface area contributed by atoms with Crippen LogP contribution in [-0.4, -0.2) is 35.3 Å². The first-order valence-electron chi connectivity index (χ1n) is 9.43. The zero-order valence-corrected chi connectivity index (χ0v) is 17.2. The molecular weight excluding hydrogens is 426 g/mol. The summed E-state index contributed by atoms with van der Waals surface area (Å²) in [5, 5.41) is 16.0. The first kappa shape index (κ1) is 22.6. The highest BCUT2D eigenvalue weighted by molar-refractivity contribution is 5.97. The van der Waals surface area contributed by atoms with Crippen LogP contribution >= 0.6 is 12.4 Å². The second-order valence-electron chi connectivity index (χ2n) is 6.97. The number of nitrogens with zero attached hydrogens (tertiary/aromatic N) is 3. The first-order valence-corrected chi connectivity index (χ1v) is 9.43. The van der Waals surface area contributed by atoms with E-state index < -0.39 is 11.6 Å². The van der Waals surface area contributed by atoms with Gasteiger partial charge < -0.3 is 10.1 Å². The van der Waals surface area contributed by atoms with Gasteiger partial charge in [0.2, 0.25) is 0 Å². The van der Waals surface area contributed by atoms with Gasteiger partial charge in [-0.15, -0.1) is 12.4 Å². The molecule has 0 amide bonds. The van der Waals surface area contributed by atoms with E-state index in [2.05, 4.69) is 10.4 Å². The van der Waals surface area contributed by atoms with Crippen molar-refractivity contribution in [2.75, 3.05) is 19.7 Å². The molecule has 1 aromatic heterocycles. The number of carbonyl (C=O) groups excluding carboxylic acids is 1. The van der Waals surface area contributed by atoms with E-state index in [9.17, 15) is 13.6 Å². The SMILES string of the molecule is Cl.N#Cc1ccc(-n2cc(C(=O)Cc3ccc([C@H]4CNCCO4)cc3F)cn2)c(F)c1. The number of aromatic nitrogens is 2. The molecule has 0 bridgehead atoms. The predicted molar refractivity (Wildman–Crippen MR) is 111 cm³/mol.